The quantitative estimate of drug-likeness (QED) is 0.823. The van der Waals surface area contributed by atoms with E-state index in [4.69, 9.17) is 6.42 Å². The van der Waals surface area contributed by atoms with Crippen LogP contribution in [0.1, 0.15) is 5.56 Å². The Hall–Kier alpha value is -3.15. The maximum atomic E-state index is 12.9. The summed E-state index contributed by atoms with van der Waals surface area (Å²) in [6, 6.07) is 6.48. The van der Waals surface area contributed by atoms with Gasteiger partial charge in [0.25, 0.3) is 5.56 Å². The maximum Gasteiger partial charge on any atom is 0.416 e. The van der Waals surface area contributed by atoms with E-state index in [1.807, 2.05) is 9.80 Å². The molecule has 6 nitrogen and oxygen atoms in total. The fraction of sp³-hybridized carbons (Fsp3) is 0.333. The molecule has 2 aromatic rings. The van der Waals surface area contributed by atoms with Gasteiger partial charge in [-0.15, -0.1) is 6.42 Å². The Balaban J connectivity index is 1.74. The molecule has 3 rings (SSSR count). The lowest BCUT2D eigenvalue weighted by atomic mass is 10.1. The highest BCUT2D eigenvalue weighted by Crippen LogP contribution is 2.32. The fourth-order valence-electron chi connectivity index (χ4n) is 3.00. The second-order valence-corrected chi connectivity index (χ2v) is 6.11. The van der Waals surface area contributed by atoms with Crippen molar-refractivity contribution in [3.05, 3.63) is 56.7 Å². The number of piperazine rings is 1. The van der Waals surface area contributed by atoms with E-state index in [2.05, 4.69) is 10.9 Å². The molecule has 0 radical (unpaired) electrons. The Labute approximate surface area is 152 Å². The number of terminal acetylenes is 1. The molecule has 0 saturated carbocycles. The molecule has 1 N–H and O–H groups in total. The van der Waals surface area contributed by atoms with E-state index in [-0.39, 0.29) is 6.54 Å². The van der Waals surface area contributed by atoms with Gasteiger partial charge >= 0.3 is 11.9 Å². The van der Waals surface area contributed by atoms with Crippen molar-refractivity contribution in [2.45, 2.75) is 12.7 Å². The predicted octanol–water partition coefficient (Wildman–Crippen LogP) is 1.52. The molecule has 142 valence electrons. The molecule has 1 aromatic heterocycles. The molecule has 0 spiro atoms. The molecule has 0 atom stereocenters. The van der Waals surface area contributed by atoms with Crippen molar-refractivity contribution in [2.75, 3.05) is 36.0 Å². The minimum atomic E-state index is -4.39. The average Bonchev–Trinajstić information content (AvgIpc) is 2.64. The minimum absolute atomic E-state index is 0.113. The zero-order valence-corrected chi connectivity index (χ0v) is 14.3. The number of anilines is 2. The number of hydrogen-bond donors (Lipinski definition) is 1. The van der Waals surface area contributed by atoms with Gasteiger partial charge in [0.05, 0.1) is 12.1 Å². The van der Waals surface area contributed by atoms with Gasteiger partial charge in [-0.1, -0.05) is 12.0 Å². The van der Waals surface area contributed by atoms with Gasteiger partial charge in [-0.25, -0.2) is 9.36 Å². The third kappa shape index (κ3) is 4.00. The van der Waals surface area contributed by atoms with Crippen LogP contribution in [0, 0.1) is 12.3 Å². The molecule has 1 saturated heterocycles. The summed E-state index contributed by atoms with van der Waals surface area (Å²) in [7, 11) is 0. The Kier molecular flexibility index (Phi) is 4.99. The lowest BCUT2D eigenvalue weighted by Gasteiger charge is -2.37. The van der Waals surface area contributed by atoms with E-state index in [0.29, 0.717) is 37.7 Å². The van der Waals surface area contributed by atoms with Crippen LogP contribution in [0.2, 0.25) is 0 Å². The van der Waals surface area contributed by atoms with Crippen molar-refractivity contribution >= 4 is 11.5 Å². The SMILES string of the molecule is C#CCn1c(=O)cc(N2CCN(c3cccc(C(F)(F)F)c3)CC2)[nH]c1=O. The molecule has 1 aliphatic rings. The van der Waals surface area contributed by atoms with Crippen LogP contribution in [0.15, 0.2) is 39.9 Å². The third-order valence-electron chi connectivity index (χ3n) is 4.41. The number of benzene rings is 1. The average molecular weight is 378 g/mol. The monoisotopic (exact) mass is 378 g/mol. The van der Waals surface area contributed by atoms with Gasteiger partial charge in [-0.05, 0) is 18.2 Å². The molecule has 1 aromatic carbocycles. The highest BCUT2D eigenvalue weighted by Gasteiger charge is 2.31. The Bertz CT molecular complexity index is 948. The largest absolute Gasteiger partial charge is 0.416 e. The summed E-state index contributed by atoms with van der Waals surface area (Å²) in [5.74, 6) is 2.62. The first kappa shape index (κ1) is 18.6. The van der Waals surface area contributed by atoms with Crippen LogP contribution in [-0.2, 0) is 12.7 Å². The van der Waals surface area contributed by atoms with Crippen molar-refractivity contribution in [3.63, 3.8) is 0 Å². The number of alkyl halides is 3. The molecular formula is C18H17F3N4O2. The van der Waals surface area contributed by atoms with Crippen LogP contribution in [0.3, 0.4) is 0 Å². The summed E-state index contributed by atoms with van der Waals surface area (Å²) >= 11 is 0. The summed E-state index contributed by atoms with van der Waals surface area (Å²) in [6.45, 7) is 1.70. The topological polar surface area (TPSA) is 61.3 Å². The first-order valence-corrected chi connectivity index (χ1v) is 8.24. The van der Waals surface area contributed by atoms with Crippen molar-refractivity contribution in [2.24, 2.45) is 0 Å². The van der Waals surface area contributed by atoms with Crippen LogP contribution < -0.4 is 21.0 Å². The first-order valence-electron chi connectivity index (χ1n) is 8.24. The fourth-order valence-corrected chi connectivity index (χ4v) is 3.00. The number of halogens is 3. The van der Waals surface area contributed by atoms with Crippen molar-refractivity contribution in [1.29, 1.82) is 0 Å². The molecule has 2 heterocycles. The Morgan fingerprint density at radius 3 is 2.33 bits per heavy atom. The molecule has 0 bridgehead atoms. The summed E-state index contributed by atoms with van der Waals surface area (Å²) < 4.78 is 39.6. The van der Waals surface area contributed by atoms with Gasteiger partial charge in [0.15, 0.2) is 0 Å². The van der Waals surface area contributed by atoms with Crippen LogP contribution in [-0.4, -0.2) is 35.7 Å². The standard InChI is InChI=1S/C18H17F3N4O2/c1-2-6-25-16(26)12-15(22-17(25)27)24-9-7-23(8-10-24)14-5-3-4-13(11-14)18(19,20)21/h1,3-5,11-12H,6-10H2,(H,22,27). The van der Waals surface area contributed by atoms with Gasteiger partial charge in [-0.3, -0.25) is 9.78 Å². The van der Waals surface area contributed by atoms with E-state index in [0.717, 1.165) is 16.7 Å². The maximum absolute atomic E-state index is 12.9. The van der Waals surface area contributed by atoms with E-state index >= 15 is 0 Å². The van der Waals surface area contributed by atoms with Gasteiger partial charge in [0.2, 0.25) is 0 Å². The first-order chi connectivity index (χ1) is 12.8. The number of H-pyrrole nitrogens is 1. The minimum Gasteiger partial charge on any atom is -0.368 e. The number of nitrogens with zero attached hydrogens (tertiary/aromatic N) is 3. The summed E-state index contributed by atoms with van der Waals surface area (Å²) in [6.07, 6.45) is 0.749. The number of aromatic nitrogens is 2. The van der Waals surface area contributed by atoms with E-state index in [1.165, 1.54) is 12.1 Å². The van der Waals surface area contributed by atoms with Gasteiger partial charge in [0, 0.05) is 37.9 Å². The third-order valence-corrected chi connectivity index (χ3v) is 4.41. The normalized spacial score (nSPS) is 14.9. The van der Waals surface area contributed by atoms with Gasteiger partial charge < -0.3 is 9.80 Å². The molecule has 1 fully saturated rings. The molecule has 0 aliphatic carbocycles. The zero-order valence-electron chi connectivity index (χ0n) is 14.3. The molecule has 0 unspecified atom stereocenters. The Morgan fingerprint density at radius 2 is 1.74 bits per heavy atom. The predicted molar refractivity (Wildman–Crippen MR) is 96.0 cm³/mol. The molecule has 0 amide bonds. The van der Waals surface area contributed by atoms with E-state index < -0.39 is 23.0 Å². The van der Waals surface area contributed by atoms with Crippen LogP contribution in [0.4, 0.5) is 24.7 Å². The smallest absolute Gasteiger partial charge is 0.368 e. The second kappa shape index (κ2) is 7.23. The zero-order chi connectivity index (χ0) is 19.6. The number of aromatic amines is 1. The van der Waals surface area contributed by atoms with Crippen molar-refractivity contribution in [3.8, 4) is 12.3 Å². The van der Waals surface area contributed by atoms with Gasteiger partial charge in [-0.2, -0.15) is 13.2 Å². The summed E-state index contributed by atoms with van der Waals surface area (Å²) in [5.41, 5.74) is -1.28. The Morgan fingerprint density at radius 1 is 1.07 bits per heavy atom. The highest BCUT2D eigenvalue weighted by atomic mass is 19.4. The summed E-state index contributed by atoms with van der Waals surface area (Å²) in [5, 5.41) is 0. The molecule has 27 heavy (non-hydrogen) atoms. The second-order valence-electron chi connectivity index (χ2n) is 6.11. The number of hydrogen-bond acceptors (Lipinski definition) is 4. The molecular weight excluding hydrogens is 361 g/mol. The highest BCUT2D eigenvalue weighted by molar-refractivity contribution is 5.51. The van der Waals surface area contributed by atoms with Crippen LogP contribution in [0.5, 0.6) is 0 Å². The van der Waals surface area contributed by atoms with Crippen molar-refractivity contribution in [1.82, 2.24) is 9.55 Å². The number of nitrogens with one attached hydrogen (secondary N) is 1. The van der Waals surface area contributed by atoms with Crippen LogP contribution in [0.25, 0.3) is 0 Å². The summed E-state index contributed by atoms with van der Waals surface area (Å²) in [4.78, 5) is 30.3. The van der Waals surface area contributed by atoms with Crippen LogP contribution >= 0.6 is 0 Å². The molecule has 9 heteroatoms. The van der Waals surface area contributed by atoms with E-state index in [1.54, 1.807) is 6.07 Å². The van der Waals surface area contributed by atoms with E-state index in [9.17, 15) is 22.8 Å². The number of rotatable bonds is 3. The van der Waals surface area contributed by atoms with Crippen molar-refractivity contribution < 1.29 is 13.2 Å². The van der Waals surface area contributed by atoms with Gasteiger partial charge in [0.1, 0.15) is 5.82 Å². The lowest BCUT2D eigenvalue weighted by Crippen LogP contribution is -2.48. The molecule has 1 aliphatic heterocycles. The lowest BCUT2D eigenvalue weighted by molar-refractivity contribution is -0.137.